The summed E-state index contributed by atoms with van der Waals surface area (Å²) in [4.78, 5) is 11.9. The van der Waals surface area contributed by atoms with Crippen LogP contribution in [0.15, 0.2) is 40.9 Å². The normalized spacial score (nSPS) is 10.3. The molecule has 0 aliphatic rings. The molecule has 1 N–H and O–H groups in total. The number of halogens is 4. The molecule has 2 rings (SSSR count). The first kappa shape index (κ1) is 13.6. The Kier molecular flexibility index (Phi) is 3.90. The Balaban J connectivity index is 2.30. The van der Waals surface area contributed by atoms with Gasteiger partial charge in [0.05, 0.1) is 11.3 Å². The van der Waals surface area contributed by atoms with E-state index < -0.39 is 23.4 Å². The van der Waals surface area contributed by atoms with Crippen LogP contribution in [-0.4, -0.2) is 5.91 Å². The fourth-order valence-corrected chi connectivity index (χ4v) is 1.88. The van der Waals surface area contributed by atoms with Gasteiger partial charge in [0.15, 0.2) is 0 Å². The monoisotopic (exact) mass is 329 g/mol. The van der Waals surface area contributed by atoms with Gasteiger partial charge in [0, 0.05) is 10.5 Å². The zero-order chi connectivity index (χ0) is 14.0. The fraction of sp³-hybridized carbons (Fsp3) is 0. The summed E-state index contributed by atoms with van der Waals surface area (Å²) in [5.74, 6) is -2.80. The highest BCUT2D eigenvalue weighted by Gasteiger charge is 2.13. The highest BCUT2D eigenvalue weighted by Crippen LogP contribution is 2.21. The standard InChI is InChI=1S/C13H7BrF3NO/c14-10-3-1-7(15)5-9(10)13(19)18-12-6-8(16)2-4-11(12)17/h1-6H,(H,18,19). The van der Waals surface area contributed by atoms with Crippen molar-refractivity contribution in [2.75, 3.05) is 5.32 Å². The third-order valence-electron chi connectivity index (χ3n) is 2.35. The number of rotatable bonds is 2. The molecule has 0 saturated heterocycles. The predicted molar refractivity (Wildman–Crippen MR) is 68.4 cm³/mol. The van der Waals surface area contributed by atoms with E-state index in [9.17, 15) is 18.0 Å². The summed E-state index contributed by atoms with van der Waals surface area (Å²) in [6.07, 6.45) is 0. The summed E-state index contributed by atoms with van der Waals surface area (Å²) in [6.45, 7) is 0. The lowest BCUT2D eigenvalue weighted by molar-refractivity contribution is 0.102. The topological polar surface area (TPSA) is 29.1 Å². The molecule has 0 aromatic heterocycles. The lowest BCUT2D eigenvalue weighted by atomic mass is 10.2. The van der Waals surface area contributed by atoms with Crippen LogP contribution in [0.3, 0.4) is 0 Å². The molecule has 0 atom stereocenters. The second kappa shape index (κ2) is 5.44. The lowest BCUT2D eigenvalue weighted by Gasteiger charge is -2.08. The number of hydrogen-bond donors (Lipinski definition) is 1. The van der Waals surface area contributed by atoms with E-state index >= 15 is 0 Å². The largest absolute Gasteiger partial charge is 0.319 e. The van der Waals surface area contributed by atoms with Crippen molar-refractivity contribution >= 4 is 27.5 Å². The number of nitrogens with one attached hydrogen (secondary N) is 1. The minimum absolute atomic E-state index is 0.0105. The molecule has 2 aromatic carbocycles. The minimum atomic E-state index is -0.776. The van der Waals surface area contributed by atoms with Crippen LogP contribution in [0.25, 0.3) is 0 Å². The number of carbonyl (C=O) groups excluding carboxylic acids is 1. The average Bonchev–Trinajstić information content (AvgIpc) is 2.36. The Hall–Kier alpha value is -1.82. The summed E-state index contributed by atoms with van der Waals surface area (Å²) < 4.78 is 39.7. The second-order valence-corrected chi connectivity index (χ2v) is 4.56. The van der Waals surface area contributed by atoms with Crippen LogP contribution in [0.2, 0.25) is 0 Å². The van der Waals surface area contributed by atoms with Crippen LogP contribution in [-0.2, 0) is 0 Å². The van der Waals surface area contributed by atoms with E-state index in [0.29, 0.717) is 4.47 Å². The zero-order valence-corrected chi connectivity index (χ0v) is 11.0. The highest BCUT2D eigenvalue weighted by atomic mass is 79.9. The van der Waals surface area contributed by atoms with E-state index in [1.54, 1.807) is 0 Å². The summed E-state index contributed by atoms with van der Waals surface area (Å²) in [5.41, 5.74) is -0.315. The van der Waals surface area contributed by atoms with E-state index in [4.69, 9.17) is 0 Å². The molecule has 19 heavy (non-hydrogen) atoms. The molecule has 2 nitrogen and oxygen atoms in total. The second-order valence-electron chi connectivity index (χ2n) is 3.70. The Morgan fingerprint density at radius 3 is 2.37 bits per heavy atom. The van der Waals surface area contributed by atoms with Crippen LogP contribution in [0.5, 0.6) is 0 Å². The van der Waals surface area contributed by atoms with Crippen LogP contribution >= 0.6 is 15.9 Å². The lowest BCUT2D eigenvalue weighted by Crippen LogP contribution is -2.14. The van der Waals surface area contributed by atoms with Crippen molar-refractivity contribution in [2.45, 2.75) is 0 Å². The predicted octanol–water partition coefficient (Wildman–Crippen LogP) is 4.12. The molecule has 0 bridgehead atoms. The van der Waals surface area contributed by atoms with Gasteiger partial charge in [-0.25, -0.2) is 13.2 Å². The fourth-order valence-electron chi connectivity index (χ4n) is 1.45. The van der Waals surface area contributed by atoms with Crippen molar-refractivity contribution in [1.82, 2.24) is 0 Å². The Labute approximate surface area is 115 Å². The number of hydrogen-bond acceptors (Lipinski definition) is 1. The van der Waals surface area contributed by atoms with Crippen LogP contribution < -0.4 is 5.32 Å². The summed E-state index contributed by atoms with van der Waals surface area (Å²) >= 11 is 3.08. The maximum Gasteiger partial charge on any atom is 0.256 e. The minimum Gasteiger partial charge on any atom is -0.319 e. The first-order valence-corrected chi connectivity index (χ1v) is 5.98. The molecule has 0 aliphatic heterocycles. The molecule has 0 radical (unpaired) electrons. The Bertz CT molecular complexity index is 646. The van der Waals surface area contributed by atoms with Gasteiger partial charge < -0.3 is 5.32 Å². The van der Waals surface area contributed by atoms with Crippen molar-refractivity contribution in [3.63, 3.8) is 0 Å². The van der Waals surface area contributed by atoms with Gasteiger partial charge in [-0.05, 0) is 46.3 Å². The third kappa shape index (κ3) is 3.14. The van der Waals surface area contributed by atoms with Gasteiger partial charge >= 0.3 is 0 Å². The maximum atomic E-state index is 13.4. The van der Waals surface area contributed by atoms with Crippen LogP contribution in [0.4, 0.5) is 18.9 Å². The Morgan fingerprint density at radius 2 is 1.63 bits per heavy atom. The number of carbonyl (C=O) groups is 1. The number of amides is 1. The zero-order valence-electron chi connectivity index (χ0n) is 9.38. The van der Waals surface area contributed by atoms with E-state index in [2.05, 4.69) is 21.2 Å². The van der Waals surface area contributed by atoms with Crippen molar-refractivity contribution in [2.24, 2.45) is 0 Å². The molecule has 0 unspecified atom stereocenters. The van der Waals surface area contributed by atoms with Crippen LogP contribution in [0.1, 0.15) is 10.4 Å². The van der Waals surface area contributed by atoms with Gasteiger partial charge in [0.2, 0.25) is 0 Å². The number of benzene rings is 2. The molecule has 6 heteroatoms. The molecule has 98 valence electrons. The van der Waals surface area contributed by atoms with E-state index in [1.807, 2.05) is 0 Å². The summed E-state index contributed by atoms with van der Waals surface area (Å²) in [5, 5.41) is 2.18. The van der Waals surface area contributed by atoms with Gasteiger partial charge in [0.1, 0.15) is 17.5 Å². The van der Waals surface area contributed by atoms with Gasteiger partial charge in [-0.3, -0.25) is 4.79 Å². The van der Waals surface area contributed by atoms with Crippen molar-refractivity contribution in [3.05, 3.63) is 63.9 Å². The van der Waals surface area contributed by atoms with Gasteiger partial charge in [-0.1, -0.05) is 0 Å². The van der Waals surface area contributed by atoms with Gasteiger partial charge in [-0.2, -0.15) is 0 Å². The molecular weight excluding hydrogens is 323 g/mol. The molecule has 0 spiro atoms. The summed E-state index contributed by atoms with van der Waals surface area (Å²) in [6, 6.07) is 6.20. The SMILES string of the molecule is O=C(Nc1cc(F)ccc1F)c1cc(F)ccc1Br. The highest BCUT2D eigenvalue weighted by molar-refractivity contribution is 9.10. The maximum absolute atomic E-state index is 13.4. The Morgan fingerprint density at radius 1 is 1.00 bits per heavy atom. The smallest absolute Gasteiger partial charge is 0.256 e. The number of anilines is 1. The molecule has 0 heterocycles. The molecule has 0 fully saturated rings. The van der Waals surface area contributed by atoms with E-state index in [1.165, 1.54) is 12.1 Å². The molecular formula is C13H7BrF3NO. The molecule has 2 aromatic rings. The van der Waals surface area contributed by atoms with Crippen molar-refractivity contribution in [1.29, 1.82) is 0 Å². The average molecular weight is 330 g/mol. The molecule has 0 aliphatic carbocycles. The van der Waals surface area contributed by atoms with Gasteiger partial charge in [-0.15, -0.1) is 0 Å². The van der Waals surface area contributed by atoms with Crippen molar-refractivity contribution in [3.8, 4) is 0 Å². The third-order valence-corrected chi connectivity index (χ3v) is 3.04. The quantitative estimate of drug-likeness (QED) is 0.882. The van der Waals surface area contributed by atoms with E-state index in [0.717, 1.165) is 24.3 Å². The first-order valence-electron chi connectivity index (χ1n) is 5.19. The van der Waals surface area contributed by atoms with Crippen molar-refractivity contribution < 1.29 is 18.0 Å². The molecule has 0 saturated carbocycles. The summed E-state index contributed by atoms with van der Waals surface area (Å²) in [7, 11) is 0. The first-order chi connectivity index (χ1) is 8.97. The van der Waals surface area contributed by atoms with Gasteiger partial charge in [0.25, 0.3) is 5.91 Å². The van der Waals surface area contributed by atoms with E-state index in [-0.39, 0.29) is 11.3 Å². The molecule has 1 amide bonds. The van der Waals surface area contributed by atoms with Crippen LogP contribution in [0, 0.1) is 17.5 Å².